The molecule has 0 saturated heterocycles. The third-order valence-corrected chi connectivity index (χ3v) is 3.09. The van der Waals surface area contributed by atoms with Crippen molar-refractivity contribution in [3.05, 3.63) is 66.0 Å². The van der Waals surface area contributed by atoms with E-state index in [0.29, 0.717) is 11.4 Å². The minimum atomic E-state index is -0.162. The van der Waals surface area contributed by atoms with Crippen LogP contribution in [0.1, 0.15) is 16.2 Å². The maximum atomic E-state index is 12.6. The average Bonchev–Trinajstić information content (AvgIpc) is 2.86. The van der Waals surface area contributed by atoms with Gasteiger partial charge in [-0.05, 0) is 24.3 Å². The lowest BCUT2D eigenvalue weighted by molar-refractivity contribution is 0.0962. The molecule has 0 aliphatic carbocycles. The summed E-state index contributed by atoms with van der Waals surface area (Å²) in [7, 11) is 0. The van der Waals surface area contributed by atoms with Crippen molar-refractivity contribution >= 4 is 16.9 Å². The second-order valence-electron chi connectivity index (χ2n) is 4.36. The summed E-state index contributed by atoms with van der Waals surface area (Å²) >= 11 is 0. The van der Waals surface area contributed by atoms with E-state index in [1.54, 1.807) is 12.1 Å². The van der Waals surface area contributed by atoms with Crippen LogP contribution in [-0.2, 0) is 6.42 Å². The van der Waals surface area contributed by atoms with Crippen molar-refractivity contribution in [3.8, 4) is 6.07 Å². The topological polar surface area (TPSA) is 58.7 Å². The lowest BCUT2D eigenvalue weighted by Gasteiger charge is -2.05. The van der Waals surface area contributed by atoms with E-state index in [4.69, 9.17) is 5.26 Å². The highest BCUT2D eigenvalue weighted by molar-refractivity contribution is 6.01. The number of hydrogen-bond donors (Lipinski definition) is 0. The zero-order valence-corrected chi connectivity index (χ0v) is 10.7. The van der Waals surface area contributed by atoms with Crippen molar-refractivity contribution in [2.75, 3.05) is 0 Å². The average molecular weight is 261 g/mol. The van der Waals surface area contributed by atoms with Gasteiger partial charge in [0.1, 0.15) is 5.82 Å². The minimum Gasteiger partial charge on any atom is -0.268 e. The van der Waals surface area contributed by atoms with E-state index in [-0.39, 0.29) is 12.3 Å². The molecule has 0 atom stereocenters. The number of hydrogen-bond acceptors (Lipinski definition) is 3. The molecule has 2 aromatic carbocycles. The van der Waals surface area contributed by atoms with Gasteiger partial charge in [-0.15, -0.1) is 0 Å². The molecule has 96 valence electrons. The van der Waals surface area contributed by atoms with Crippen LogP contribution in [0, 0.1) is 11.3 Å². The summed E-state index contributed by atoms with van der Waals surface area (Å²) in [6.45, 7) is 0. The van der Waals surface area contributed by atoms with E-state index >= 15 is 0 Å². The number of para-hydroxylation sites is 2. The Hall–Kier alpha value is -2.93. The summed E-state index contributed by atoms with van der Waals surface area (Å²) in [6.07, 6.45) is 0.104. The van der Waals surface area contributed by atoms with Gasteiger partial charge < -0.3 is 0 Å². The fourth-order valence-electron chi connectivity index (χ4n) is 2.20. The van der Waals surface area contributed by atoms with Gasteiger partial charge in [-0.2, -0.15) is 5.26 Å². The summed E-state index contributed by atoms with van der Waals surface area (Å²) in [5.74, 6) is 0.312. The summed E-state index contributed by atoms with van der Waals surface area (Å²) in [5, 5.41) is 8.91. The molecule has 3 rings (SSSR count). The molecule has 4 heteroatoms. The number of fused-ring (bicyclic) bond motifs is 1. The molecule has 1 aromatic heterocycles. The van der Waals surface area contributed by atoms with Crippen LogP contribution in [0.2, 0.25) is 0 Å². The van der Waals surface area contributed by atoms with Crippen LogP contribution in [0.25, 0.3) is 11.0 Å². The fourth-order valence-corrected chi connectivity index (χ4v) is 2.20. The Morgan fingerprint density at radius 2 is 1.80 bits per heavy atom. The van der Waals surface area contributed by atoms with E-state index < -0.39 is 0 Å². The molecule has 0 spiro atoms. The van der Waals surface area contributed by atoms with Gasteiger partial charge in [0, 0.05) is 5.56 Å². The highest BCUT2D eigenvalue weighted by atomic mass is 16.2. The standard InChI is InChI=1S/C16H11N3O/c17-11-10-15-18-13-8-4-5-9-14(13)19(15)16(20)12-6-2-1-3-7-12/h1-9H,10H2. The van der Waals surface area contributed by atoms with Crippen molar-refractivity contribution in [1.82, 2.24) is 9.55 Å². The van der Waals surface area contributed by atoms with E-state index in [2.05, 4.69) is 11.1 Å². The number of nitrogens with zero attached hydrogens (tertiary/aromatic N) is 3. The van der Waals surface area contributed by atoms with Gasteiger partial charge in [-0.3, -0.25) is 9.36 Å². The molecule has 0 fully saturated rings. The van der Waals surface area contributed by atoms with Crippen LogP contribution in [-0.4, -0.2) is 15.5 Å². The third-order valence-electron chi connectivity index (χ3n) is 3.09. The van der Waals surface area contributed by atoms with Crippen molar-refractivity contribution in [1.29, 1.82) is 5.26 Å². The first kappa shape index (κ1) is 12.1. The Balaban J connectivity index is 2.21. The highest BCUT2D eigenvalue weighted by Gasteiger charge is 2.17. The molecule has 1 heterocycles. The number of rotatable bonds is 2. The molecular formula is C16H11N3O. The van der Waals surface area contributed by atoms with Gasteiger partial charge in [0.2, 0.25) is 0 Å². The van der Waals surface area contributed by atoms with Crippen LogP contribution in [0.4, 0.5) is 0 Å². The molecule has 4 nitrogen and oxygen atoms in total. The largest absolute Gasteiger partial charge is 0.268 e. The second kappa shape index (κ2) is 4.98. The Kier molecular flexibility index (Phi) is 3.02. The SMILES string of the molecule is N#CCc1nc2ccccc2n1C(=O)c1ccccc1. The van der Waals surface area contributed by atoms with Gasteiger partial charge in [0.05, 0.1) is 23.5 Å². The lowest BCUT2D eigenvalue weighted by atomic mass is 10.2. The summed E-state index contributed by atoms with van der Waals surface area (Å²) in [5.41, 5.74) is 2.03. The Morgan fingerprint density at radius 1 is 1.10 bits per heavy atom. The fraction of sp³-hybridized carbons (Fsp3) is 0.0625. The molecular weight excluding hydrogens is 250 g/mol. The Bertz CT molecular complexity index is 813. The summed E-state index contributed by atoms with van der Waals surface area (Å²) in [6, 6.07) is 18.5. The first-order chi connectivity index (χ1) is 9.81. The van der Waals surface area contributed by atoms with Crippen molar-refractivity contribution < 1.29 is 4.79 Å². The zero-order valence-electron chi connectivity index (χ0n) is 10.7. The number of aromatic nitrogens is 2. The molecule has 0 unspecified atom stereocenters. The maximum absolute atomic E-state index is 12.6. The van der Waals surface area contributed by atoms with E-state index in [9.17, 15) is 4.79 Å². The second-order valence-corrected chi connectivity index (χ2v) is 4.36. The van der Waals surface area contributed by atoms with Crippen molar-refractivity contribution in [2.45, 2.75) is 6.42 Å². The smallest absolute Gasteiger partial charge is 0.263 e. The molecule has 0 aliphatic heterocycles. The van der Waals surface area contributed by atoms with Gasteiger partial charge in [-0.1, -0.05) is 30.3 Å². The molecule has 0 amide bonds. The van der Waals surface area contributed by atoms with Crippen LogP contribution >= 0.6 is 0 Å². The van der Waals surface area contributed by atoms with Gasteiger partial charge >= 0.3 is 0 Å². The van der Waals surface area contributed by atoms with Gasteiger partial charge in [-0.25, -0.2) is 4.98 Å². The number of carbonyl (C=O) groups excluding carboxylic acids is 1. The van der Waals surface area contributed by atoms with Crippen molar-refractivity contribution in [3.63, 3.8) is 0 Å². The van der Waals surface area contributed by atoms with Crippen LogP contribution in [0.15, 0.2) is 54.6 Å². The van der Waals surface area contributed by atoms with E-state index in [1.807, 2.05) is 42.5 Å². The minimum absolute atomic E-state index is 0.104. The first-order valence-corrected chi connectivity index (χ1v) is 6.24. The van der Waals surface area contributed by atoms with E-state index in [0.717, 1.165) is 11.0 Å². The predicted octanol–water partition coefficient (Wildman–Crippen LogP) is 2.79. The Morgan fingerprint density at radius 3 is 2.55 bits per heavy atom. The first-order valence-electron chi connectivity index (χ1n) is 6.24. The van der Waals surface area contributed by atoms with Crippen molar-refractivity contribution in [2.24, 2.45) is 0 Å². The normalized spacial score (nSPS) is 10.3. The number of imidazole rings is 1. The van der Waals surface area contributed by atoms with Crippen LogP contribution < -0.4 is 0 Å². The van der Waals surface area contributed by atoms with Crippen LogP contribution in [0.3, 0.4) is 0 Å². The van der Waals surface area contributed by atoms with Gasteiger partial charge in [0.25, 0.3) is 5.91 Å². The molecule has 0 aliphatic rings. The molecule has 20 heavy (non-hydrogen) atoms. The molecule has 0 bridgehead atoms. The Labute approximate surface area is 115 Å². The zero-order chi connectivity index (χ0) is 13.9. The maximum Gasteiger partial charge on any atom is 0.263 e. The summed E-state index contributed by atoms with van der Waals surface area (Å²) < 4.78 is 1.52. The highest BCUT2D eigenvalue weighted by Crippen LogP contribution is 2.18. The molecule has 3 aromatic rings. The molecule has 0 N–H and O–H groups in total. The van der Waals surface area contributed by atoms with Gasteiger partial charge in [0.15, 0.2) is 0 Å². The monoisotopic (exact) mass is 261 g/mol. The predicted molar refractivity (Wildman–Crippen MR) is 75.2 cm³/mol. The number of nitriles is 1. The molecule has 0 saturated carbocycles. The molecule has 0 radical (unpaired) electrons. The number of carbonyl (C=O) groups is 1. The third kappa shape index (κ3) is 1.95. The summed E-state index contributed by atoms with van der Waals surface area (Å²) in [4.78, 5) is 17.0. The van der Waals surface area contributed by atoms with Crippen LogP contribution in [0.5, 0.6) is 0 Å². The number of benzene rings is 2. The quantitative estimate of drug-likeness (QED) is 0.712. The lowest BCUT2D eigenvalue weighted by Crippen LogP contribution is -2.15. The van der Waals surface area contributed by atoms with E-state index in [1.165, 1.54) is 4.57 Å².